The van der Waals surface area contributed by atoms with Crippen LogP contribution in [0.15, 0.2) is 36.4 Å². The normalized spacial score (nSPS) is 17.4. The first-order valence-electron chi connectivity index (χ1n) is 8.40. The predicted octanol–water partition coefficient (Wildman–Crippen LogP) is 4.36. The molecule has 0 radical (unpaired) electrons. The van der Waals surface area contributed by atoms with E-state index < -0.39 is 23.7 Å². The number of hydrazine groups is 1. The second kappa shape index (κ2) is 6.46. The molecule has 7 heteroatoms. The van der Waals surface area contributed by atoms with Crippen LogP contribution in [0.2, 0.25) is 0 Å². The maximum atomic E-state index is 13.9. The van der Waals surface area contributed by atoms with Gasteiger partial charge in [-0.05, 0) is 26.2 Å². The fourth-order valence-corrected chi connectivity index (χ4v) is 3.10. The van der Waals surface area contributed by atoms with Crippen molar-refractivity contribution in [3.05, 3.63) is 42.0 Å². The molecule has 1 amide bonds. The SMILES string of the molecule is CC(C)(C)Oc1c([C@H](N2CCC(=O)N2)C(F)(F)F)ccc2ccccc12. The number of ether oxygens (including phenoxy) is 1. The molecule has 0 unspecified atom stereocenters. The zero-order valence-corrected chi connectivity index (χ0v) is 14.9. The summed E-state index contributed by atoms with van der Waals surface area (Å²) in [4.78, 5) is 11.5. The van der Waals surface area contributed by atoms with Gasteiger partial charge in [0.15, 0.2) is 6.04 Å². The highest BCUT2D eigenvalue weighted by molar-refractivity contribution is 5.90. The molecule has 140 valence electrons. The van der Waals surface area contributed by atoms with E-state index in [4.69, 9.17) is 4.74 Å². The minimum atomic E-state index is -4.57. The van der Waals surface area contributed by atoms with Crippen molar-refractivity contribution >= 4 is 16.7 Å². The van der Waals surface area contributed by atoms with Gasteiger partial charge in [-0.15, -0.1) is 0 Å². The van der Waals surface area contributed by atoms with Gasteiger partial charge in [0.2, 0.25) is 5.91 Å². The van der Waals surface area contributed by atoms with Crippen molar-refractivity contribution in [3.8, 4) is 5.75 Å². The largest absolute Gasteiger partial charge is 0.487 e. The Bertz CT molecular complexity index is 828. The number of benzene rings is 2. The highest BCUT2D eigenvalue weighted by Crippen LogP contribution is 2.45. The maximum absolute atomic E-state index is 13.9. The van der Waals surface area contributed by atoms with Crippen LogP contribution in [0.3, 0.4) is 0 Å². The lowest BCUT2D eigenvalue weighted by Crippen LogP contribution is -2.44. The minimum Gasteiger partial charge on any atom is -0.487 e. The summed E-state index contributed by atoms with van der Waals surface area (Å²) in [5, 5.41) is 2.35. The summed E-state index contributed by atoms with van der Waals surface area (Å²) < 4.78 is 47.8. The van der Waals surface area contributed by atoms with Crippen LogP contribution < -0.4 is 10.2 Å². The lowest BCUT2D eigenvalue weighted by Gasteiger charge is -2.32. The van der Waals surface area contributed by atoms with E-state index in [1.807, 2.05) is 12.1 Å². The molecule has 0 saturated carbocycles. The third kappa shape index (κ3) is 3.77. The number of hydrogen-bond donors (Lipinski definition) is 1. The molecule has 0 bridgehead atoms. The lowest BCUT2D eigenvalue weighted by molar-refractivity contribution is -0.191. The molecule has 4 nitrogen and oxygen atoms in total. The van der Waals surface area contributed by atoms with Gasteiger partial charge in [0, 0.05) is 23.9 Å². The van der Waals surface area contributed by atoms with E-state index in [0.29, 0.717) is 5.39 Å². The molecule has 1 aliphatic rings. The number of hydrogen-bond acceptors (Lipinski definition) is 3. The molecule has 3 rings (SSSR count). The molecule has 1 atom stereocenters. The van der Waals surface area contributed by atoms with Crippen LogP contribution in [0.5, 0.6) is 5.75 Å². The first kappa shape index (κ1) is 18.5. The van der Waals surface area contributed by atoms with Crippen molar-refractivity contribution in [1.29, 1.82) is 0 Å². The second-order valence-electron chi connectivity index (χ2n) is 7.34. The predicted molar refractivity (Wildman–Crippen MR) is 92.6 cm³/mol. The van der Waals surface area contributed by atoms with Crippen molar-refractivity contribution in [2.45, 2.75) is 45.0 Å². The van der Waals surface area contributed by atoms with Gasteiger partial charge >= 0.3 is 6.18 Å². The van der Waals surface area contributed by atoms with Crippen LogP contribution in [0, 0.1) is 0 Å². The second-order valence-corrected chi connectivity index (χ2v) is 7.34. The topological polar surface area (TPSA) is 41.6 Å². The fraction of sp³-hybridized carbons (Fsp3) is 0.421. The van der Waals surface area contributed by atoms with Gasteiger partial charge in [0.05, 0.1) is 0 Å². The highest BCUT2D eigenvalue weighted by atomic mass is 19.4. The average molecular weight is 366 g/mol. The molecule has 1 heterocycles. The van der Waals surface area contributed by atoms with E-state index in [1.165, 1.54) is 6.07 Å². The number of halogens is 3. The maximum Gasteiger partial charge on any atom is 0.410 e. The molecule has 0 aliphatic carbocycles. The van der Waals surface area contributed by atoms with Crippen LogP contribution in [0.1, 0.15) is 38.8 Å². The summed E-state index contributed by atoms with van der Waals surface area (Å²) in [5.41, 5.74) is 1.63. The molecule has 2 aromatic rings. The number of nitrogens with one attached hydrogen (secondary N) is 1. The fourth-order valence-electron chi connectivity index (χ4n) is 3.10. The van der Waals surface area contributed by atoms with Crippen LogP contribution >= 0.6 is 0 Å². The molecular weight excluding hydrogens is 345 g/mol. The van der Waals surface area contributed by atoms with Gasteiger partial charge in [0.1, 0.15) is 11.4 Å². The molecule has 1 N–H and O–H groups in total. The number of fused-ring (bicyclic) bond motifs is 1. The summed E-state index contributed by atoms with van der Waals surface area (Å²) >= 11 is 0. The van der Waals surface area contributed by atoms with Gasteiger partial charge in [0.25, 0.3) is 0 Å². The molecular formula is C19H21F3N2O2. The highest BCUT2D eigenvalue weighted by Gasteiger charge is 2.48. The first-order valence-corrected chi connectivity index (χ1v) is 8.40. The summed E-state index contributed by atoms with van der Waals surface area (Å²) in [6.45, 7) is 5.36. The molecule has 1 aliphatic heterocycles. The lowest BCUT2D eigenvalue weighted by atomic mass is 9.98. The van der Waals surface area contributed by atoms with Crippen LogP contribution in [-0.4, -0.2) is 29.2 Å². The third-order valence-electron chi connectivity index (χ3n) is 4.08. The van der Waals surface area contributed by atoms with E-state index in [2.05, 4.69) is 5.43 Å². The van der Waals surface area contributed by atoms with E-state index in [0.717, 1.165) is 10.4 Å². The molecule has 2 aromatic carbocycles. The Balaban J connectivity index is 2.20. The minimum absolute atomic E-state index is 0.00618. The molecule has 0 aromatic heterocycles. The number of nitrogens with zero attached hydrogens (tertiary/aromatic N) is 1. The van der Waals surface area contributed by atoms with Crippen LogP contribution in [-0.2, 0) is 4.79 Å². The summed E-state index contributed by atoms with van der Waals surface area (Å²) in [7, 11) is 0. The van der Waals surface area contributed by atoms with Gasteiger partial charge in [-0.3, -0.25) is 10.2 Å². The van der Waals surface area contributed by atoms with E-state index in [1.54, 1.807) is 39.0 Å². The summed E-state index contributed by atoms with van der Waals surface area (Å²) in [6, 6.07) is 8.27. The average Bonchev–Trinajstić information content (AvgIpc) is 2.93. The van der Waals surface area contributed by atoms with Gasteiger partial charge in [-0.2, -0.15) is 13.2 Å². The molecule has 26 heavy (non-hydrogen) atoms. The van der Waals surface area contributed by atoms with E-state index in [9.17, 15) is 18.0 Å². The summed E-state index contributed by atoms with van der Waals surface area (Å²) in [5.74, 6) is -0.225. The zero-order valence-electron chi connectivity index (χ0n) is 14.9. The summed E-state index contributed by atoms with van der Waals surface area (Å²) in [6.07, 6.45) is -4.54. The molecule has 0 spiro atoms. The van der Waals surface area contributed by atoms with Crippen molar-refractivity contribution < 1.29 is 22.7 Å². The molecule has 1 fully saturated rings. The quantitative estimate of drug-likeness (QED) is 0.878. The monoisotopic (exact) mass is 366 g/mol. The van der Waals surface area contributed by atoms with E-state index in [-0.39, 0.29) is 24.3 Å². The van der Waals surface area contributed by atoms with Gasteiger partial charge in [-0.25, -0.2) is 5.01 Å². The van der Waals surface area contributed by atoms with Crippen molar-refractivity contribution in [1.82, 2.24) is 10.4 Å². The van der Waals surface area contributed by atoms with Crippen LogP contribution in [0.25, 0.3) is 10.8 Å². The Kier molecular flexibility index (Phi) is 4.60. The number of carbonyl (C=O) groups excluding carboxylic acids is 1. The number of rotatable bonds is 3. The Morgan fingerprint density at radius 3 is 2.38 bits per heavy atom. The number of alkyl halides is 3. The Morgan fingerprint density at radius 2 is 1.81 bits per heavy atom. The van der Waals surface area contributed by atoms with Crippen molar-refractivity contribution in [2.24, 2.45) is 0 Å². The van der Waals surface area contributed by atoms with Crippen LogP contribution in [0.4, 0.5) is 13.2 Å². The smallest absolute Gasteiger partial charge is 0.410 e. The van der Waals surface area contributed by atoms with Crippen molar-refractivity contribution in [3.63, 3.8) is 0 Å². The van der Waals surface area contributed by atoms with E-state index >= 15 is 0 Å². The zero-order chi connectivity index (χ0) is 19.1. The van der Waals surface area contributed by atoms with Gasteiger partial charge < -0.3 is 4.74 Å². The Labute approximate surface area is 149 Å². The number of amides is 1. The first-order chi connectivity index (χ1) is 12.1. The third-order valence-corrected chi connectivity index (χ3v) is 4.08. The van der Waals surface area contributed by atoms with Crippen molar-refractivity contribution in [2.75, 3.05) is 6.54 Å². The van der Waals surface area contributed by atoms with Gasteiger partial charge in [-0.1, -0.05) is 36.4 Å². The number of carbonyl (C=O) groups is 1. The Hall–Kier alpha value is -2.28. The Morgan fingerprint density at radius 1 is 1.12 bits per heavy atom. The standard InChI is InChI=1S/C19H21F3N2O2/c1-18(2,3)26-16-13-7-5-4-6-12(13)8-9-14(16)17(19(20,21)22)24-11-10-15(25)23-24/h4-9,17H,10-11H2,1-3H3,(H,23,25)/t17-/m0/s1. The molecule has 1 saturated heterocycles.